The van der Waals surface area contributed by atoms with E-state index >= 15 is 0 Å². The fourth-order valence-corrected chi connectivity index (χ4v) is 4.18. The van der Waals surface area contributed by atoms with E-state index in [0.717, 1.165) is 5.19 Å². The molecule has 20 heavy (non-hydrogen) atoms. The summed E-state index contributed by atoms with van der Waals surface area (Å²) in [6.07, 6.45) is 0. The molecule has 2 rings (SSSR count). The maximum atomic E-state index is 5.95. The van der Waals surface area contributed by atoms with Gasteiger partial charge >= 0.3 is 0 Å². The summed E-state index contributed by atoms with van der Waals surface area (Å²) < 4.78 is 0. The summed E-state index contributed by atoms with van der Waals surface area (Å²) in [5.74, 6) is 0. The fourth-order valence-electron chi connectivity index (χ4n) is 1.36. The topological polar surface area (TPSA) is 25.8 Å². The molecule has 0 saturated heterocycles. The molecule has 0 amide bonds. The Morgan fingerprint density at radius 2 is 1.25 bits per heavy atom. The molecule has 7 heteroatoms. The van der Waals surface area contributed by atoms with Crippen LogP contribution in [0.2, 0.25) is 40.3 Å². The van der Waals surface area contributed by atoms with Crippen molar-refractivity contribution in [3.63, 3.8) is 0 Å². The Balaban J connectivity index is 0.000000217. The van der Waals surface area contributed by atoms with Crippen LogP contribution in [0.5, 0.6) is 0 Å². The van der Waals surface area contributed by atoms with Crippen LogP contribution < -0.4 is 5.19 Å². The van der Waals surface area contributed by atoms with Gasteiger partial charge in [-0.25, -0.2) is 9.97 Å². The Labute approximate surface area is 140 Å². The summed E-state index contributed by atoms with van der Waals surface area (Å²) in [6, 6.07) is 8.86. The first-order valence-electron chi connectivity index (χ1n) is 5.81. The second kappa shape index (κ2) is 7.62. The molecule has 2 aromatic rings. The van der Waals surface area contributed by atoms with Crippen LogP contribution in [0, 0.1) is 0 Å². The van der Waals surface area contributed by atoms with E-state index in [1.165, 1.54) is 0 Å². The Bertz CT molecular complexity index is 568. The fraction of sp³-hybridized carbons (Fsp3) is 0.231. The molecule has 0 atom stereocenters. The third kappa shape index (κ3) is 5.98. The minimum absolute atomic E-state index is 0.428. The molecule has 0 aliphatic rings. The van der Waals surface area contributed by atoms with Gasteiger partial charge in [-0.15, -0.1) is 0 Å². The van der Waals surface area contributed by atoms with Crippen molar-refractivity contribution >= 4 is 59.7 Å². The zero-order valence-electron chi connectivity index (χ0n) is 11.3. The average Bonchev–Trinajstić information content (AvgIpc) is 2.27. The third-order valence-corrected chi connectivity index (χ3v) is 5.40. The highest BCUT2D eigenvalue weighted by Gasteiger charge is 2.20. The van der Waals surface area contributed by atoms with Crippen LogP contribution in [0.15, 0.2) is 30.3 Å². The minimum atomic E-state index is -1.35. The Morgan fingerprint density at radius 3 is 1.60 bits per heavy atom. The lowest BCUT2D eigenvalue weighted by molar-refractivity contribution is 1.33. The quantitative estimate of drug-likeness (QED) is 0.503. The molecular formula is C13H14Cl4N2Si. The number of halogens is 4. The molecule has 0 saturated carbocycles. The van der Waals surface area contributed by atoms with E-state index in [-0.39, 0.29) is 0 Å². The summed E-state index contributed by atoms with van der Waals surface area (Å²) in [7, 11) is -1.35. The first-order valence-corrected chi connectivity index (χ1v) is 10.8. The minimum Gasteiger partial charge on any atom is -0.225 e. The van der Waals surface area contributed by atoms with Gasteiger partial charge < -0.3 is 0 Å². The number of pyridine rings is 2. The van der Waals surface area contributed by atoms with E-state index in [9.17, 15) is 0 Å². The summed E-state index contributed by atoms with van der Waals surface area (Å²) >= 11 is 22.5. The van der Waals surface area contributed by atoms with Gasteiger partial charge in [-0.3, -0.25) is 0 Å². The van der Waals surface area contributed by atoms with Crippen molar-refractivity contribution in [2.24, 2.45) is 0 Å². The van der Waals surface area contributed by atoms with Crippen LogP contribution in [0.1, 0.15) is 0 Å². The monoisotopic (exact) mass is 366 g/mol. The molecule has 0 spiro atoms. The molecule has 2 heterocycles. The maximum absolute atomic E-state index is 5.95. The molecule has 0 radical (unpaired) electrons. The van der Waals surface area contributed by atoms with Gasteiger partial charge in [0.1, 0.15) is 20.6 Å². The predicted molar refractivity (Wildman–Crippen MR) is 91.5 cm³/mol. The molecular weight excluding hydrogens is 354 g/mol. The largest absolute Gasteiger partial charge is 0.225 e. The normalized spacial score (nSPS) is 10.8. The van der Waals surface area contributed by atoms with Crippen LogP contribution >= 0.6 is 46.4 Å². The van der Waals surface area contributed by atoms with Gasteiger partial charge in [0.25, 0.3) is 0 Å². The van der Waals surface area contributed by atoms with Crippen LogP contribution in [0.4, 0.5) is 0 Å². The Morgan fingerprint density at radius 1 is 0.750 bits per heavy atom. The highest BCUT2D eigenvalue weighted by Crippen LogP contribution is 2.13. The van der Waals surface area contributed by atoms with Crippen molar-refractivity contribution in [1.82, 2.24) is 9.97 Å². The summed E-state index contributed by atoms with van der Waals surface area (Å²) in [6.45, 7) is 6.68. The van der Waals surface area contributed by atoms with E-state index < -0.39 is 8.07 Å². The van der Waals surface area contributed by atoms with Crippen molar-refractivity contribution < 1.29 is 0 Å². The zero-order valence-corrected chi connectivity index (χ0v) is 15.3. The average molecular weight is 368 g/mol. The van der Waals surface area contributed by atoms with Gasteiger partial charge in [0.05, 0.1) is 8.07 Å². The van der Waals surface area contributed by atoms with Gasteiger partial charge in [0, 0.05) is 0 Å². The summed E-state index contributed by atoms with van der Waals surface area (Å²) in [4.78, 5) is 7.71. The van der Waals surface area contributed by atoms with Crippen LogP contribution in [-0.2, 0) is 0 Å². The molecule has 108 valence electrons. The van der Waals surface area contributed by atoms with Crippen LogP contribution in [-0.4, -0.2) is 18.0 Å². The standard InChI is InChI=1S/C8H11Cl2NSi.C5H3Cl2N/c1-12(2,3)6-4-5-7(9)11-8(6)10;6-4-2-1-3-5(7)8-4/h4-5H,1-3H3;1-3H. The predicted octanol–water partition coefficient (Wildman–Crippen LogP) is 5.32. The van der Waals surface area contributed by atoms with Crippen molar-refractivity contribution in [3.8, 4) is 0 Å². The van der Waals surface area contributed by atoms with Gasteiger partial charge in [-0.2, -0.15) is 0 Å². The van der Waals surface area contributed by atoms with Crippen LogP contribution in [0.25, 0.3) is 0 Å². The van der Waals surface area contributed by atoms with Gasteiger partial charge in [-0.1, -0.05) is 78.2 Å². The number of hydrogen-bond donors (Lipinski definition) is 0. The van der Waals surface area contributed by atoms with Crippen LogP contribution in [0.3, 0.4) is 0 Å². The molecule has 0 aliphatic heterocycles. The second-order valence-corrected chi connectivity index (χ2v) is 11.6. The number of rotatable bonds is 1. The smallest absolute Gasteiger partial charge is 0.130 e. The highest BCUT2D eigenvalue weighted by atomic mass is 35.5. The molecule has 0 N–H and O–H groups in total. The molecule has 2 nitrogen and oxygen atoms in total. The maximum Gasteiger partial charge on any atom is 0.130 e. The molecule has 0 aromatic carbocycles. The lowest BCUT2D eigenvalue weighted by atomic mass is 10.5. The Kier molecular flexibility index (Phi) is 6.75. The van der Waals surface area contributed by atoms with Crippen molar-refractivity contribution in [2.75, 3.05) is 0 Å². The molecule has 2 aromatic heterocycles. The summed E-state index contributed by atoms with van der Waals surface area (Å²) in [5.41, 5.74) is 0. The number of hydrogen-bond acceptors (Lipinski definition) is 2. The van der Waals surface area contributed by atoms with Gasteiger partial charge in [0.15, 0.2) is 0 Å². The zero-order chi connectivity index (χ0) is 15.3. The lowest BCUT2D eigenvalue weighted by Crippen LogP contribution is -2.38. The summed E-state index contributed by atoms with van der Waals surface area (Å²) in [5, 5.41) is 3.03. The molecule has 0 aliphatic carbocycles. The molecule has 0 fully saturated rings. The number of nitrogens with zero attached hydrogens (tertiary/aromatic N) is 2. The lowest BCUT2D eigenvalue weighted by Gasteiger charge is -2.17. The molecule has 0 unspecified atom stereocenters. The highest BCUT2D eigenvalue weighted by molar-refractivity contribution is 6.90. The van der Waals surface area contributed by atoms with E-state index in [2.05, 4.69) is 29.6 Å². The van der Waals surface area contributed by atoms with Gasteiger partial charge in [-0.05, 0) is 23.4 Å². The first-order chi connectivity index (χ1) is 9.20. The van der Waals surface area contributed by atoms with E-state index in [1.807, 2.05) is 6.07 Å². The van der Waals surface area contributed by atoms with Crippen molar-refractivity contribution in [3.05, 3.63) is 50.9 Å². The van der Waals surface area contributed by atoms with Crippen molar-refractivity contribution in [1.29, 1.82) is 0 Å². The van der Waals surface area contributed by atoms with Crippen molar-refractivity contribution in [2.45, 2.75) is 19.6 Å². The first kappa shape index (κ1) is 17.7. The van der Waals surface area contributed by atoms with E-state index in [4.69, 9.17) is 46.4 Å². The molecule has 0 bridgehead atoms. The van der Waals surface area contributed by atoms with E-state index in [1.54, 1.807) is 24.3 Å². The van der Waals surface area contributed by atoms with Gasteiger partial charge in [0.2, 0.25) is 0 Å². The Hall–Kier alpha value is -0.323. The second-order valence-electron chi connectivity index (χ2n) is 5.01. The number of aromatic nitrogens is 2. The third-order valence-electron chi connectivity index (χ3n) is 2.30. The SMILES string of the molecule is C[Si](C)(C)c1ccc(Cl)nc1Cl.Clc1cccc(Cl)n1. The van der Waals surface area contributed by atoms with E-state index in [0.29, 0.717) is 20.6 Å².